The van der Waals surface area contributed by atoms with Crippen molar-refractivity contribution in [2.24, 2.45) is 10.8 Å². The lowest BCUT2D eigenvalue weighted by Gasteiger charge is -2.30. The molecular weight excluding hydrogens is 268 g/mol. The summed E-state index contributed by atoms with van der Waals surface area (Å²) in [6.45, 7) is 12.8. The predicted molar refractivity (Wildman–Crippen MR) is 85.0 cm³/mol. The molecule has 5 heteroatoms. The molecule has 0 radical (unpaired) electrons. The summed E-state index contributed by atoms with van der Waals surface area (Å²) in [4.78, 5) is 27.9. The highest BCUT2D eigenvalue weighted by Crippen LogP contribution is 2.18. The number of rotatable bonds is 7. The van der Waals surface area contributed by atoms with E-state index >= 15 is 0 Å². The zero-order chi connectivity index (χ0) is 16.8. The number of hydrogen-bond donors (Lipinski definition) is 0. The average molecular weight is 300 g/mol. The van der Waals surface area contributed by atoms with Crippen LogP contribution in [-0.2, 0) is 14.3 Å². The van der Waals surface area contributed by atoms with Crippen LogP contribution in [0.2, 0.25) is 0 Å². The summed E-state index contributed by atoms with van der Waals surface area (Å²) in [5.74, 6) is 0.0748. The Morgan fingerprint density at radius 1 is 0.905 bits per heavy atom. The van der Waals surface area contributed by atoms with Crippen molar-refractivity contribution in [3.05, 3.63) is 0 Å². The van der Waals surface area contributed by atoms with Gasteiger partial charge in [0.1, 0.15) is 13.3 Å². The largest absolute Gasteiger partial charge is 0.353 e. The molecule has 0 spiro atoms. The molecule has 0 bridgehead atoms. The zero-order valence-corrected chi connectivity index (χ0v) is 14.9. The van der Waals surface area contributed by atoms with E-state index in [1.165, 1.54) is 0 Å². The van der Waals surface area contributed by atoms with Crippen molar-refractivity contribution >= 4 is 11.7 Å². The summed E-state index contributed by atoms with van der Waals surface area (Å²) in [5, 5.41) is 0. The molecule has 0 aliphatic carbocycles. The third kappa shape index (κ3) is 8.17. The molecule has 0 fully saturated rings. The van der Waals surface area contributed by atoms with Crippen molar-refractivity contribution in [3.8, 4) is 0 Å². The fourth-order valence-electron chi connectivity index (χ4n) is 1.48. The molecular formula is C16H32N2O3. The van der Waals surface area contributed by atoms with Gasteiger partial charge in [-0.3, -0.25) is 9.59 Å². The van der Waals surface area contributed by atoms with Crippen LogP contribution < -0.4 is 0 Å². The second kappa shape index (κ2) is 7.90. The maximum absolute atomic E-state index is 12.4. The molecule has 0 saturated heterocycles. The van der Waals surface area contributed by atoms with Gasteiger partial charge in [0.15, 0.2) is 5.78 Å². The quantitative estimate of drug-likeness (QED) is 0.675. The summed E-state index contributed by atoms with van der Waals surface area (Å²) >= 11 is 0. The average Bonchev–Trinajstić information content (AvgIpc) is 2.29. The van der Waals surface area contributed by atoms with Gasteiger partial charge < -0.3 is 14.5 Å². The second-order valence-corrected chi connectivity index (χ2v) is 7.77. The molecule has 0 rings (SSSR count). The highest BCUT2D eigenvalue weighted by atomic mass is 16.5. The number of hydrogen-bond acceptors (Lipinski definition) is 4. The molecule has 0 aliphatic rings. The Hall–Kier alpha value is -0.940. The zero-order valence-electron chi connectivity index (χ0n) is 14.9. The van der Waals surface area contributed by atoms with Crippen molar-refractivity contribution in [1.82, 2.24) is 9.80 Å². The van der Waals surface area contributed by atoms with Gasteiger partial charge in [0.2, 0.25) is 5.91 Å². The minimum Gasteiger partial charge on any atom is -0.353 e. The van der Waals surface area contributed by atoms with Crippen LogP contribution >= 0.6 is 0 Å². The molecule has 0 unspecified atom stereocenters. The van der Waals surface area contributed by atoms with E-state index in [4.69, 9.17) is 4.74 Å². The first-order valence-electron chi connectivity index (χ1n) is 7.41. The van der Waals surface area contributed by atoms with Crippen LogP contribution in [0, 0.1) is 10.8 Å². The maximum Gasteiger partial charge on any atom is 0.229 e. The molecule has 1 amide bonds. The van der Waals surface area contributed by atoms with Crippen LogP contribution in [0.4, 0.5) is 0 Å². The third-order valence-corrected chi connectivity index (χ3v) is 3.06. The van der Waals surface area contributed by atoms with Crippen molar-refractivity contribution < 1.29 is 14.3 Å². The first-order chi connectivity index (χ1) is 9.35. The standard InChI is InChI=1S/C16H32N2O3/c1-15(2,3)13(19)11-21-12-18(10-9-17(7)8)14(20)16(4,5)6/h9-12H2,1-8H3. The summed E-state index contributed by atoms with van der Waals surface area (Å²) in [7, 11) is 3.92. The van der Waals surface area contributed by atoms with Gasteiger partial charge in [0.05, 0.1) is 0 Å². The molecule has 0 aromatic carbocycles. The molecule has 0 atom stereocenters. The van der Waals surface area contributed by atoms with Crippen LogP contribution in [0.25, 0.3) is 0 Å². The lowest BCUT2D eigenvalue weighted by Crippen LogP contribution is -2.44. The Labute approximate surface area is 129 Å². The maximum atomic E-state index is 12.4. The lowest BCUT2D eigenvalue weighted by molar-refractivity contribution is -0.148. The highest BCUT2D eigenvalue weighted by Gasteiger charge is 2.28. The Bertz CT molecular complexity index is 352. The van der Waals surface area contributed by atoms with E-state index in [0.717, 1.165) is 6.54 Å². The van der Waals surface area contributed by atoms with Gasteiger partial charge in [-0.1, -0.05) is 41.5 Å². The molecule has 0 aromatic heterocycles. The number of nitrogens with zero attached hydrogens (tertiary/aromatic N) is 2. The first kappa shape index (κ1) is 20.1. The summed E-state index contributed by atoms with van der Waals surface area (Å²) in [6.07, 6.45) is 0. The summed E-state index contributed by atoms with van der Waals surface area (Å²) in [6, 6.07) is 0. The fraction of sp³-hybridized carbons (Fsp3) is 0.875. The van der Waals surface area contributed by atoms with Crippen molar-refractivity contribution in [2.75, 3.05) is 40.5 Å². The van der Waals surface area contributed by atoms with Crippen LogP contribution in [0.5, 0.6) is 0 Å². The molecule has 0 N–H and O–H groups in total. The van der Waals surface area contributed by atoms with Gasteiger partial charge in [-0.15, -0.1) is 0 Å². The third-order valence-electron chi connectivity index (χ3n) is 3.06. The van der Waals surface area contributed by atoms with E-state index in [1.807, 2.05) is 60.5 Å². The summed E-state index contributed by atoms with van der Waals surface area (Å²) < 4.78 is 5.47. The van der Waals surface area contributed by atoms with Gasteiger partial charge in [-0.2, -0.15) is 0 Å². The van der Waals surface area contributed by atoms with Crippen molar-refractivity contribution in [1.29, 1.82) is 0 Å². The van der Waals surface area contributed by atoms with Crippen molar-refractivity contribution in [3.63, 3.8) is 0 Å². The van der Waals surface area contributed by atoms with E-state index in [0.29, 0.717) is 6.54 Å². The first-order valence-corrected chi connectivity index (χ1v) is 7.41. The Kier molecular flexibility index (Phi) is 7.54. The normalized spacial score (nSPS) is 12.6. The molecule has 0 saturated carbocycles. The number of carbonyl (C=O) groups is 2. The molecule has 5 nitrogen and oxygen atoms in total. The Morgan fingerprint density at radius 3 is 1.81 bits per heavy atom. The Morgan fingerprint density at radius 2 is 1.43 bits per heavy atom. The van der Waals surface area contributed by atoms with Crippen LogP contribution in [0.1, 0.15) is 41.5 Å². The van der Waals surface area contributed by atoms with Crippen molar-refractivity contribution in [2.45, 2.75) is 41.5 Å². The van der Waals surface area contributed by atoms with Gasteiger partial charge in [-0.05, 0) is 14.1 Å². The van der Waals surface area contributed by atoms with Crippen LogP contribution in [-0.4, -0.2) is 62.0 Å². The lowest BCUT2D eigenvalue weighted by atomic mass is 9.91. The van der Waals surface area contributed by atoms with Crippen LogP contribution in [0.15, 0.2) is 0 Å². The summed E-state index contributed by atoms with van der Waals surface area (Å²) in [5.41, 5.74) is -0.869. The predicted octanol–water partition coefficient (Wildman–Crippen LogP) is 2.01. The van der Waals surface area contributed by atoms with E-state index < -0.39 is 10.8 Å². The van der Waals surface area contributed by atoms with Gasteiger partial charge in [0.25, 0.3) is 0 Å². The van der Waals surface area contributed by atoms with Gasteiger partial charge in [-0.25, -0.2) is 0 Å². The second-order valence-electron chi connectivity index (χ2n) is 7.77. The molecule has 0 aromatic rings. The van der Waals surface area contributed by atoms with E-state index in [1.54, 1.807) is 4.90 Å². The van der Waals surface area contributed by atoms with E-state index in [9.17, 15) is 9.59 Å². The molecule has 0 aliphatic heterocycles. The van der Waals surface area contributed by atoms with E-state index in [2.05, 4.69) is 0 Å². The number of ketones is 1. The number of amides is 1. The molecule has 21 heavy (non-hydrogen) atoms. The number of carbonyl (C=O) groups excluding carboxylic acids is 2. The number of ether oxygens (including phenoxy) is 1. The SMILES string of the molecule is CN(C)CCN(COCC(=O)C(C)(C)C)C(=O)C(C)(C)C. The number of likely N-dealkylation sites (N-methyl/N-ethyl adjacent to an activating group) is 1. The minimum atomic E-state index is -0.455. The Balaban J connectivity index is 4.55. The topological polar surface area (TPSA) is 49.9 Å². The molecule has 0 heterocycles. The number of Topliss-reactive ketones (excluding diaryl/α,β-unsaturated/α-hetero) is 1. The monoisotopic (exact) mass is 300 g/mol. The fourth-order valence-corrected chi connectivity index (χ4v) is 1.48. The highest BCUT2D eigenvalue weighted by molar-refractivity contribution is 5.85. The smallest absolute Gasteiger partial charge is 0.229 e. The van der Waals surface area contributed by atoms with Crippen LogP contribution in [0.3, 0.4) is 0 Å². The van der Waals surface area contributed by atoms with Gasteiger partial charge in [0, 0.05) is 23.9 Å². The van der Waals surface area contributed by atoms with E-state index in [-0.39, 0.29) is 25.0 Å². The minimum absolute atomic E-state index is 0.0348. The molecule has 124 valence electrons. The van der Waals surface area contributed by atoms with Gasteiger partial charge >= 0.3 is 0 Å².